The van der Waals surface area contributed by atoms with Gasteiger partial charge in [-0.05, 0) is 32.9 Å². The number of amides is 1. The highest BCUT2D eigenvalue weighted by atomic mass is 19.4. The van der Waals surface area contributed by atoms with Crippen molar-refractivity contribution in [3.05, 3.63) is 46.9 Å². The number of pyridine rings is 1. The maximum atomic E-state index is 11.9. The Labute approximate surface area is 164 Å². The summed E-state index contributed by atoms with van der Waals surface area (Å²) in [5, 5.41) is 9.91. The number of aromatic nitrogens is 2. The van der Waals surface area contributed by atoms with E-state index in [1.165, 1.54) is 0 Å². The number of carboxylic acid groups (broad SMARTS) is 1. The highest BCUT2D eigenvalue weighted by Crippen LogP contribution is 2.24. The summed E-state index contributed by atoms with van der Waals surface area (Å²) < 4.78 is 37.3. The van der Waals surface area contributed by atoms with Crippen molar-refractivity contribution in [3.8, 4) is 0 Å². The second-order valence-corrected chi connectivity index (χ2v) is 6.74. The van der Waals surface area contributed by atoms with Crippen LogP contribution in [-0.4, -0.2) is 44.1 Å². The van der Waals surface area contributed by atoms with Crippen molar-refractivity contribution in [1.82, 2.24) is 20.2 Å². The monoisotopic (exact) mass is 414 g/mol. The lowest BCUT2D eigenvalue weighted by Gasteiger charge is -2.14. The first kappa shape index (κ1) is 22.3. The van der Waals surface area contributed by atoms with Crippen LogP contribution >= 0.6 is 0 Å². The lowest BCUT2D eigenvalue weighted by atomic mass is 10.3. The fourth-order valence-corrected chi connectivity index (χ4v) is 2.55. The van der Waals surface area contributed by atoms with Gasteiger partial charge in [-0.15, -0.1) is 0 Å². The van der Waals surface area contributed by atoms with Gasteiger partial charge in [-0.3, -0.25) is 14.7 Å². The lowest BCUT2D eigenvalue weighted by molar-refractivity contribution is -0.192. The molecule has 1 aliphatic heterocycles. The molecule has 0 unspecified atom stereocenters. The van der Waals surface area contributed by atoms with E-state index < -0.39 is 12.1 Å². The summed E-state index contributed by atoms with van der Waals surface area (Å²) >= 11 is 0. The number of hydrogen-bond acceptors (Lipinski definition) is 6. The van der Waals surface area contributed by atoms with Crippen molar-refractivity contribution >= 4 is 11.9 Å². The summed E-state index contributed by atoms with van der Waals surface area (Å²) in [5.74, 6) is -2.07. The summed E-state index contributed by atoms with van der Waals surface area (Å²) in [4.78, 5) is 31.8. The molecule has 1 aliphatic rings. The van der Waals surface area contributed by atoms with Crippen LogP contribution in [0.2, 0.25) is 0 Å². The van der Waals surface area contributed by atoms with Gasteiger partial charge >= 0.3 is 18.1 Å². The normalized spacial score (nSPS) is 13.6. The largest absolute Gasteiger partial charge is 0.490 e. The van der Waals surface area contributed by atoms with Crippen LogP contribution in [-0.2, 0) is 24.4 Å². The Bertz CT molecular complexity index is 857. The number of nitrogens with zero attached hydrogens (tertiary/aromatic N) is 3. The number of rotatable bonds is 4. The van der Waals surface area contributed by atoms with Crippen molar-refractivity contribution in [2.45, 2.75) is 52.6 Å². The van der Waals surface area contributed by atoms with Crippen LogP contribution in [0.1, 0.15) is 47.4 Å². The molecule has 0 fully saturated rings. The minimum Gasteiger partial charge on any atom is -0.475 e. The van der Waals surface area contributed by atoms with Crippen LogP contribution in [0.15, 0.2) is 22.6 Å². The van der Waals surface area contributed by atoms with Crippen LogP contribution in [0.25, 0.3) is 0 Å². The molecular weight excluding hydrogens is 393 g/mol. The topological polar surface area (TPSA) is 109 Å². The summed E-state index contributed by atoms with van der Waals surface area (Å²) in [5.41, 5.74) is 2.89. The zero-order valence-electron chi connectivity index (χ0n) is 16.1. The molecule has 3 rings (SSSR count). The van der Waals surface area contributed by atoms with Gasteiger partial charge in [0, 0.05) is 24.8 Å². The average molecular weight is 414 g/mol. The third-order valence-electron chi connectivity index (χ3n) is 3.71. The van der Waals surface area contributed by atoms with E-state index in [0.717, 1.165) is 29.4 Å². The van der Waals surface area contributed by atoms with Crippen molar-refractivity contribution in [3.63, 3.8) is 0 Å². The Hall–Kier alpha value is -2.95. The lowest BCUT2D eigenvalue weighted by Crippen LogP contribution is -2.30. The molecule has 1 amide bonds. The summed E-state index contributed by atoms with van der Waals surface area (Å²) in [6, 6.07) is 6.08. The molecule has 0 radical (unpaired) electrons. The van der Waals surface area contributed by atoms with Crippen LogP contribution in [0.3, 0.4) is 0 Å². The van der Waals surface area contributed by atoms with Gasteiger partial charge in [-0.2, -0.15) is 13.2 Å². The zero-order chi connectivity index (χ0) is 21.8. The molecule has 8 nitrogen and oxygen atoms in total. The van der Waals surface area contributed by atoms with Gasteiger partial charge < -0.3 is 14.8 Å². The molecule has 0 saturated heterocycles. The Morgan fingerprint density at radius 1 is 1.28 bits per heavy atom. The molecule has 29 heavy (non-hydrogen) atoms. The number of nitrogens with one attached hydrogen (secondary N) is 1. The van der Waals surface area contributed by atoms with E-state index in [2.05, 4.69) is 20.2 Å². The molecule has 2 N–H and O–H groups in total. The van der Waals surface area contributed by atoms with Gasteiger partial charge in [0.1, 0.15) is 5.76 Å². The predicted molar refractivity (Wildman–Crippen MR) is 94.7 cm³/mol. The molecule has 0 bridgehead atoms. The SMILES string of the molecule is Cc1cccc(CN2Cc3nc(C(=O)NC(C)C)oc3C2)n1.O=C(O)C(F)(F)F. The Morgan fingerprint density at radius 3 is 2.45 bits per heavy atom. The van der Waals surface area contributed by atoms with Crippen LogP contribution < -0.4 is 5.32 Å². The Kier molecular flexibility index (Phi) is 6.96. The molecule has 2 aromatic rings. The standard InChI is InChI=1S/C16H20N4O2.C2HF3O2/c1-10(2)17-15(21)16-19-13-8-20(9-14(13)22-16)7-12-6-4-5-11(3)18-12;3-2(4,5)1(6)7/h4-6,10H,7-9H2,1-3H3,(H,17,21);(H,6,7). The van der Waals surface area contributed by atoms with Crippen LogP contribution in [0.4, 0.5) is 13.2 Å². The van der Waals surface area contributed by atoms with Crippen LogP contribution in [0, 0.1) is 6.92 Å². The predicted octanol–water partition coefficient (Wildman–Crippen LogP) is 2.67. The summed E-state index contributed by atoms with van der Waals surface area (Å²) in [6.07, 6.45) is -5.08. The van der Waals surface area contributed by atoms with Gasteiger partial charge in [0.2, 0.25) is 0 Å². The molecule has 158 valence electrons. The highest BCUT2D eigenvalue weighted by molar-refractivity contribution is 5.89. The van der Waals surface area contributed by atoms with E-state index in [4.69, 9.17) is 14.3 Å². The van der Waals surface area contributed by atoms with Gasteiger partial charge in [-0.25, -0.2) is 9.78 Å². The van der Waals surface area contributed by atoms with Crippen molar-refractivity contribution in [1.29, 1.82) is 0 Å². The zero-order valence-corrected chi connectivity index (χ0v) is 16.1. The first-order valence-electron chi connectivity index (χ1n) is 8.70. The molecular formula is C18H21F3N4O4. The number of carbonyl (C=O) groups is 2. The highest BCUT2D eigenvalue weighted by Gasteiger charge is 2.38. The number of halogens is 3. The second kappa shape index (κ2) is 9.03. The first-order chi connectivity index (χ1) is 13.5. The van der Waals surface area contributed by atoms with Gasteiger partial charge in [0.25, 0.3) is 5.89 Å². The molecule has 0 atom stereocenters. The van der Waals surface area contributed by atoms with E-state index in [1.807, 2.05) is 39.0 Å². The van der Waals surface area contributed by atoms with E-state index >= 15 is 0 Å². The second-order valence-electron chi connectivity index (χ2n) is 6.74. The Balaban J connectivity index is 0.000000370. The quantitative estimate of drug-likeness (QED) is 0.792. The smallest absolute Gasteiger partial charge is 0.475 e. The number of carboxylic acids is 1. The molecule has 11 heteroatoms. The third kappa shape index (κ3) is 6.56. The van der Waals surface area contributed by atoms with E-state index in [-0.39, 0.29) is 17.8 Å². The minimum atomic E-state index is -5.08. The summed E-state index contributed by atoms with van der Waals surface area (Å²) in [6.45, 7) is 7.90. The number of alkyl halides is 3. The van der Waals surface area contributed by atoms with E-state index in [9.17, 15) is 18.0 Å². The van der Waals surface area contributed by atoms with Crippen molar-refractivity contribution < 1.29 is 32.3 Å². The summed E-state index contributed by atoms with van der Waals surface area (Å²) in [7, 11) is 0. The molecule has 0 aromatic carbocycles. The number of aryl methyl sites for hydroxylation is 1. The van der Waals surface area contributed by atoms with Crippen molar-refractivity contribution in [2.75, 3.05) is 0 Å². The fraction of sp³-hybridized carbons (Fsp3) is 0.444. The maximum Gasteiger partial charge on any atom is 0.490 e. The number of aliphatic carboxylic acids is 1. The molecule has 0 spiro atoms. The van der Waals surface area contributed by atoms with E-state index in [1.54, 1.807) is 0 Å². The number of carbonyl (C=O) groups excluding carboxylic acids is 1. The molecule has 0 aliphatic carbocycles. The number of hydrogen-bond donors (Lipinski definition) is 2. The van der Waals surface area contributed by atoms with Gasteiger partial charge in [0.15, 0.2) is 0 Å². The first-order valence-corrected chi connectivity index (χ1v) is 8.70. The van der Waals surface area contributed by atoms with Crippen LogP contribution in [0.5, 0.6) is 0 Å². The van der Waals surface area contributed by atoms with Crippen molar-refractivity contribution in [2.24, 2.45) is 0 Å². The minimum absolute atomic E-state index is 0.0677. The Morgan fingerprint density at radius 2 is 1.93 bits per heavy atom. The number of fused-ring (bicyclic) bond motifs is 1. The van der Waals surface area contributed by atoms with Gasteiger partial charge in [0.05, 0.1) is 17.9 Å². The molecule has 3 heterocycles. The number of oxazole rings is 1. The molecule has 2 aromatic heterocycles. The molecule has 0 saturated carbocycles. The van der Waals surface area contributed by atoms with E-state index in [0.29, 0.717) is 13.1 Å². The third-order valence-corrected chi connectivity index (χ3v) is 3.71. The average Bonchev–Trinajstić information content (AvgIpc) is 3.12. The maximum absolute atomic E-state index is 11.9. The van der Waals surface area contributed by atoms with Gasteiger partial charge in [-0.1, -0.05) is 6.07 Å². The fourth-order valence-electron chi connectivity index (χ4n) is 2.55.